The molecule has 0 radical (unpaired) electrons. The van der Waals surface area contributed by atoms with Gasteiger partial charge in [0.2, 0.25) is 15.9 Å². The number of methoxy groups -OCH3 is 2. The average Bonchev–Trinajstić information content (AvgIpc) is 2.79. The first kappa shape index (κ1) is 21.6. The predicted octanol–water partition coefficient (Wildman–Crippen LogP) is 2.61. The monoisotopic (exact) mass is 429 g/mol. The Labute approximate surface area is 176 Å². The van der Waals surface area contributed by atoms with E-state index in [2.05, 4.69) is 5.32 Å². The van der Waals surface area contributed by atoms with Crippen LogP contribution in [0.15, 0.2) is 47.4 Å². The van der Waals surface area contributed by atoms with Gasteiger partial charge in [-0.15, -0.1) is 0 Å². The smallest absolute Gasteiger partial charge is 0.243 e. The lowest BCUT2D eigenvalue weighted by molar-refractivity contribution is -0.120. The molecule has 0 bridgehead atoms. The van der Waals surface area contributed by atoms with Gasteiger partial charge in [-0.3, -0.25) is 4.79 Å². The molecule has 1 aliphatic rings. The molecule has 1 aliphatic heterocycles. The minimum Gasteiger partial charge on any atom is -0.497 e. The summed E-state index contributed by atoms with van der Waals surface area (Å²) in [6.07, 6.45) is 0.833. The summed E-state index contributed by atoms with van der Waals surface area (Å²) in [5.41, 5.74) is 0.939. The van der Waals surface area contributed by atoms with Crippen molar-refractivity contribution in [3.05, 3.63) is 48.0 Å². The SMILES string of the molecule is COc1ccc(NC(=O)C2CCN(S(=O)(=O)c3ccc(C#N)cc3)CC2)c(OC)c1. The Balaban J connectivity index is 1.63. The summed E-state index contributed by atoms with van der Waals surface area (Å²) >= 11 is 0. The van der Waals surface area contributed by atoms with Gasteiger partial charge < -0.3 is 14.8 Å². The number of amides is 1. The predicted molar refractivity (Wildman–Crippen MR) is 111 cm³/mol. The second kappa shape index (κ2) is 9.15. The van der Waals surface area contributed by atoms with E-state index in [1.807, 2.05) is 6.07 Å². The minimum atomic E-state index is -3.66. The maximum absolute atomic E-state index is 12.8. The van der Waals surface area contributed by atoms with Crippen molar-refractivity contribution in [1.29, 1.82) is 5.26 Å². The van der Waals surface area contributed by atoms with E-state index < -0.39 is 10.0 Å². The lowest BCUT2D eigenvalue weighted by Gasteiger charge is -2.30. The highest BCUT2D eigenvalue weighted by Crippen LogP contribution is 2.31. The average molecular weight is 429 g/mol. The first-order valence-electron chi connectivity index (χ1n) is 9.42. The van der Waals surface area contributed by atoms with E-state index in [1.54, 1.807) is 25.3 Å². The fourth-order valence-corrected chi connectivity index (χ4v) is 4.82. The quantitative estimate of drug-likeness (QED) is 0.756. The Morgan fingerprint density at radius 1 is 1.10 bits per heavy atom. The first-order chi connectivity index (χ1) is 14.4. The molecule has 158 valence electrons. The van der Waals surface area contributed by atoms with Crippen molar-refractivity contribution in [2.75, 3.05) is 32.6 Å². The molecule has 9 heteroatoms. The zero-order chi connectivity index (χ0) is 21.7. The molecule has 3 rings (SSSR count). The van der Waals surface area contributed by atoms with Gasteiger partial charge in [-0.05, 0) is 49.2 Å². The van der Waals surface area contributed by atoms with Crippen LogP contribution in [0.5, 0.6) is 11.5 Å². The molecule has 2 aromatic carbocycles. The number of carbonyl (C=O) groups excluding carboxylic acids is 1. The normalized spacial score (nSPS) is 15.2. The molecule has 0 unspecified atom stereocenters. The molecule has 30 heavy (non-hydrogen) atoms. The molecule has 0 spiro atoms. The topological polar surface area (TPSA) is 109 Å². The van der Waals surface area contributed by atoms with Crippen LogP contribution in [0.1, 0.15) is 18.4 Å². The Hall–Kier alpha value is -3.09. The number of carbonyl (C=O) groups is 1. The molecule has 2 aromatic rings. The van der Waals surface area contributed by atoms with Crippen LogP contribution in [0.4, 0.5) is 5.69 Å². The minimum absolute atomic E-state index is 0.146. The molecular weight excluding hydrogens is 406 g/mol. The van der Waals surface area contributed by atoms with Crippen LogP contribution < -0.4 is 14.8 Å². The van der Waals surface area contributed by atoms with Gasteiger partial charge in [-0.25, -0.2) is 8.42 Å². The van der Waals surface area contributed by atoms with E-state index in [-0.39, 0.29) is 29.8 Å². The largest absolute Gasteiger partial charge is 0.497 e. The van der Waals surface area contributed by atoms with Gasteiger partial charge in [-0.1, -0.05) is 0 Å². The van der Waals surface area contributed by atoms with Gasteiger partial charge in [0.1, 0.15) is 11.5 Å². The number of sulfonamides is 1. The van der Waals surface area contributed by atoms with Crippen LogP contribution in [0.3, 0.4) is 0 Å². The van der Waals surface area contributed by atoms with Gasteiger partial charge in [-0.2, -0.15) is 9.57 Å². The highest BCUT2D eigenvalue weighted by Gasteiger charge is 2.32. The number of nitrogens with zero attached hydrogens (tertiary/aromatic N) is 2. The molecule has 1 fully saturated rings. The Morgan fingerprint density at radius 2 is 1.77 bits per heavy atom. The summed E-state index contributed by atoms with van der Waals surface area (Å²) in [5, 5.41) is 11.7. The van der Waals surface area contributed by atoms with Crippen LogP contribution in [0.25, 0.3) is 0 Å². The highest BCUT2D eigenvalue weighted by atomic mass is 32.2. The molecule has 0 saturated carbocycles. The summed E-state index contributed by atoms with van der Waals surface area (Å²) in [6, 6.07) is 12.9. The lowest BCUT2D eigenvalue weighted by atomic mass is 9.97. The number of anilines is 1. The van der Waals surface area contributed by atoms with Crippen LogP contribution in [0.2, 0.25) is 0 Å². The standard InChI is InChI=1S/C21H23N3O5S/c1-28-17-5-8-19(20(13-17)29-2)23-21(25)16-9-11-24(12-10-16)30(26,27)18-6-3-15(14-22)4-7-18/h3-8,13,16H,9-12H2,1-2H3,(H,23,25). The molecule has 0 aromatic heterocycles. The molecule has 0 atom stereocenters. The molecule has 0 aliphatic carbocycles. The lowest BCUT2D eigenvalue weighted by Crippen LogP contribution is -2.41. The molecule has 1 saturated heterocycles. The van der Waals surface area contributed by atoms with Crippen LogP contribution >= 0.6 is 0 Å². The maximum atomic E-state index is 12.8. The van der Waals surface area contributed by atoms with Gasteiger partial charge in [0, 0.05) is 25.1 Å². The van der Waals surface area contributed by atoms with Gasteiger partial charge in [0.05, 0.1) is 36.4 Å². The Kier molecular flexibility index (Phi) is 6.59. The van der Waals surface area contributed by atoms with E-state index >= 15 is 0 Å². The first-order valence-corrected chi connectivity index (χ1v) is 10.9. The van der Waals surface area contributed by atoms with Crippen molar-refractivity contribution in [3.8, 4) is 17.6 Å². The zero-order valence-electron chi connectivity index (χ0n) is 16.8. The van der Waals surface area contributed by atoms with Crippen LogP contribution in [-0.4, -0.2) is 45.9 Å². The van der Waals surface area contributed by atoms with Gasteiger partial charge >= 0.3 is 0 Å². The number of ether oxygens (including phenoxy) is 2. The third kappa shape index (κ3) is 4.56. The number of hydrogen-bond donors (Lipinski definition) is 1. The molecule has 1 heterocycles. The molecule has 1 amide bonds. The second-order valence-electron chi connectivity index (χ2n) is 6.87. The molecule has 1 N–H and O–H groups in total. The second-order valence-corrected chi connectivity index (χ2v) is 8.81. The maximum Gasteiger partial charge on any atom is 0.243 e. The van der Waals surface area contributed by atoms with E-state index in [9.17, 15) is 13.2 Å². The fourth-order valence-electron chi connectivity index (χ4n) is 3.35. The Bertz CT molecular complexity index is 1050. The van der Waals surface area contributed by atoms with E-state index in [0.29, 0.717) is 35.6 Å². The third-order valence-corrected chi connectivity index (χ3v) is 7.03. The summed E-state index contributed by atoms with van der Waals surface area (Å²) < 4.78 is 37.5. The number of hydrogen-bond acceptors (Lipinski definition) is 6. The number of benzene rings is 2. The van der Waals surface area contributed by atoms with Crippen molar-refractivity contribution >= 4 is 21.6 Å². The number of nitriles is 1. The summed E-state index contributed by atoms with van der Waals surface area (Å²) in [5.74, 6) is 0.632. The van der Waals surface area contributed by atoms with Crippen molar-refractivity contribution in [3.63, 3.8) is 0 Å². The summed E-state index contributed by atoms with van der Waals surface area (Å²) in [6.45, 7) is 0.500. The summed E-state index contributed by atoms with van der Waals surface area (Å²) in [4.78, 5) is 12.8. The number of nitrogens with one attached hydrogen (secondary N) is 1. The van der Waals surface area contributed by atoms with Gasteiger partial charge in [0.25, 0.3) is 0 Å². The van der Waals surface area contributed by atoms with Crippen molar-refractivity contribution in [2.45, 2.75) is 17.7 Å². The van der Waals surface area contributed by atoms with E-state index in [4.69, 9.17) is 14.7 Å². The molecular formula is C21H23N3O5S. The van der Waals surface area contributed by atoms with E-state index in [1.165, 1.54) is 35.7 Å². The van der Waals surface area contributed by atoms with Gasteiger partial charge in [0.15, 0.2) is 0 Å². The fraction of sp³-hybridized carbons (Fsp3) is 0.333. The highest BCUT2D eigenvalue weighted by molar-refractivity contribution is 7.89. The van der Waals surface area contributed by atoms with Crippen molar-refractivity contribution in [1.82, 2.24) is 4.31 Å². The van der Waals surface area contributed by atoms with Crippen LogP contribution in [-0.2, 0) is 14.8 Å². The zero-order valence-corrected chi connectivity index (χ0v) is 17.6. The third-order valence-electron chi connectivity index (χ3n) is 5.11. The molecule has 8 nitrogen and oxygen atoms in total. The number of rotatable bonds is 6. The Morgan fingerprint density at radius 3 is 2.33 bits per heavy atom. The number of piperidine rings is 1. The van der Waals surface area contributed by atoms with E-state index in [0.717, 1.165) is 0 Å². The van der Waals surface area contributed by atoms with Crippen molar-refractivity contribution < 1.29 is 22.7 Å². The van der Waals surface area contributed by atoms with Crippen LogP contribution in [0, 0.1) is 17.2 Å². The van der Waals surface area contributed by atoms with Crippen molar-refractivity contribution in [2.24, 2.45) is 5.92 Å². The summed E-state index contributed by atoms with van der Waals surface area (Å²) in [7, 11) is -0.596.